The first-order valence-corrected chi connectivity index (χ1v) is 8.95. The maximum atomic E-state index is 11.8. The third kappa shape index (κ3) is 7.48. The minimum Gasteiger partial charge on any atom is -0.397 e. The van der Waals surface area contributed by atoms with E-state index in [1.807, 2.05) is 0 Å². The topological polar surface area (TPSA) is 72.2 Å². The van der Waals surface area contributed by atoms with Gasteiger partial charge in [-0.2, -0.15) is 0 Å². The van der Waals surface area contributed by atoms with Crippen LogP contribution in [0.3, 0.4) is 0 Å². The van der Waals surface area contributed by atoms with Crippen molar-refractivity contribution in [3.63, 3.8) is 0 Å². The first-order chi connectivity index (χ1) is 9.88. The smallest absolute Gasteiger partial charge is 0.224 e. The van der Waals surface area contributed by atoms with Crippen LogP contribution < -0.4 is 11.1 Å². The molecule has 118 valence electrons. The van der Waals surface area contributed by atoms with Gasteiger partial charge in [0.15, 0.2) is 0 Å². The van der Waals surface area contributed by atoms with E-state index in [4.69, 9.17) is 17.3 Å². The number of rotatable bonds is 8. The van der Waals surface area contributed by atoms with Crippen molar-refractivity contribution in [3.05, 3.63) is 23.2 Å². The number of benzene rings is 1. The van der Waals surface area contributed by atoms with E-state index in [0.29, 0.717) is 46.7 Å². The molecule has 0 aromatic heterocycles. The molecule has 21 heavy (non-hydrogen) atoms. The second-order valence-corrected chi connectivity index (χ2v) is 7.52. The van der Waals surface area contributed by atoms with Gasteiger partial charge in [0.05, 0.1) is 10.7 Å². The summed E-state index contributed by atoms with van der Waals surface area (Å²) in [6.07, 6.45) is 1.94. The number of nitrogen functional groups attached to an aromatic ring is 1. The van der Waals surface area contributed by atoms with E-state index in [2.05, 4.69) is 19.2 Å². The van der Waals surface area contributed by atoms with Gasteiger partial charge in [-0.25, -0.2) is 0 Å². The summed E-state index contributed by atoms with van der Waals surface area (Å²) in [4.78, 5) is 11.8. The highest BCUT2D eigenvalue weighted by atomic mass is 35.5. The number of nitrogens with two attached hydrogens (primary N) is 1. The quantitative estimate of drug-likeness (QED) is 0.717. The van der Waals surface area contributed by atoms with Gasteiger partial charge in [0.25, 0.3) is 0 Å². The lowest BCUT2D eigenvalue weighted by Crippen LogP contribution is -2.13. The van der Waals surface area contributed by atoms with Crippen LogP contribution in [0.5, 0.6) is 0 Å². The minimum absolute atomic E-state index is 0.0995. The second kappa shape index (κ2) is 9.05. The Balaban J connectivity index is 2.28. The second-order valence-electron chi connectivity index (χ2n) is 5.42. The number of hydrogen-bond acceptors (Lipinski definition) is 3. The molecule has 3 N–H and O–H groups in total. The molecule has 0 aliphatic carbocycles. The van der Waals surface area contributed by atoms with E-state index >= 15 is 0 Å². The monoisotopic (exact) mass is 330 g/mol. The van der Waals surface area contributed by atoms with Gasteiger partial charge in [0, 0.05) is 34.4 Å². The van der Waals surface area contributed by atoms with Gasteiger partial charge in [0.1, 0.15) is 0 Å². The van der Waals surface area contributed by atoms with Gasteiger partial charge in [0.2, 0.25) is 5.91 Å². The van der Waals surface area contributed by atoms with Crippen molar-refractivity contribution in [2.75, 3.05) is 22.6 Å². The Morgan fingerprint density at radius 1 is 1.38 bits per heavy atom. The fraction of sp³-hybridized carbons (Fsp3) is 0.533. The predicted molar refractivity (Wildman–Crippen MR) is 91.1 cm³/mol. The molecule has 1 atom stereocenters. The highest BCUT2D eigenvalue weighted by Gasteiger charge is 2.07. The van der Waals surface area contributed by atoms with Crippen LogP contribution in [0.1, 0.15) is 33.1 Å². The van der Waals surface area contributed by atoms with Gasteiger partial charge in [-0.3, -0.25) is 9.00 Å². The molecule has 1 aromatic rings. The Morgan fingerprint density at radius 3 is 2.71 bits per heavy atom. The number of amides is 1. The zero-order valence-corrected chi connectivity index (χ0v) is 14.1. The van der Waals surface area contributed by atoms with Crippen molar-refractivity contribution < 1.29 is 9.00 Å². The fourth-order valence-corrected chi connectivity index (χ4v) is 3.23. The molecule has 1 unspecified atom stereocenters. The van der Waals surface area contributed by atoms with Crippen molar-refractivity contribution >= 4 is 39.7 Å². The Morgan fingerprint density at radius 2 is 2.10 bits per heavy atom. The van der Waals surface area contributed by atoms with Crippen LogP contribution in [-0.2, 0) is 15.6 Å². The Hall–Kier alpha value is -1.07. The average molecular weight is 331 g/mol. The molecule has 0 saturated carbocycles. The number of carbonyl (C=O) groups excluding carboxylic acids is 1. The third-order valence-electron chi connectivity index (χ3n) is 2.98. The van der Waals surface area contributed by atoms with Gasteiger partial charge in [-0.1, -0.05) is 25.4 Å². The number of carbonyl (C=O) groups is 1. The number of hydrogen-bond donors (Lipinski definition) is 2. The molecule has 1 rings (SSSR count). The maximum absolute atomic E-state index is 11.8. The molecule has 0 aliphatic rings. The molecule has 6 heteroatoms. The molecular formula is C15H23ClN2O2S. The lowest BCUT2D eigenvalue weighted by atomic mass is 10.2. The van der Waals surface area contributed by atoms with Gasteiger partial charge < -0.3 is 11.1 Å². The largest absolute Gasteiger partial charge is 0.397 e. The summed E-state index contributed by atoms with van der Waals surface area (Å²) < 4.78 is 11.7. The van der Waals surface area contributed by atoms with Gasteiger partial charge in [-0.05, 0) is 37.0 Å². The first-order valence-electron chi connectivity index (χ1n) is 7.08. The summed E-state index contributed by atoms with van der Waals surface area (Å²) in [5, 5.41) is 3.22. The molecule has 0 saturated heterocycles. The predicted octanol–water partition coefficient (Wildman–Crippen LogP) is 3.44. The van der Waals surface area contributed by atoms with Crippen LogP contribution in [0.25, 0.3) is 0 Å². The summed E-state index contributed by atoms with van der Waals surface area (Å²) in [5.41, 5.74) is 6.73. The van der Waals surface area contributed by atoms with Crippen molar-refractivity contribution in [1.29, 1.82) is 0 Å². The summed E-state index contributed by atoms with van der Waals surface area (Å²) in [7, 11) is -0.828. The molecule has 0 bridgehead atoms. The van der Waals surface area contributed by atoms with Crippen LogP contribution >= 0.6 is 11.6 Å². The number of halogens is 1. The Kier molecular flexibility index (Phi) is 7.75. The summed E-state index contributed by atoms with van der Waals surface area (Å²) in [6, 6.07) is 4.98. The van der Waals surface area contributed by atoms with Crippen molar-refractivity contribution in [2.24, 2.45) is 5.92 Å². The van der Waals surface area contributed by atoms with E-state index < -0.39 is 10.8 Å². The molecule has 0 fully saturated rings. The summed E-state index contributed by atoms with van der Waals surface area (Å²) in [5.74, 6) is 1.75. The highest BCUT2D eigenvalue weighted by Crippen LogP contribution is 2.22. The lowest BCUT2D eigenvalue weighted by molar-refractivity contribution is -0.116. The minimum atomic E-state index is -0.828. The molecule has 1 amide bonds. The van der Waals surface area contributed by atoms with Crippen LogP contribution in [0.15, 0.2) is 18.2 Å². The van der Waals surface area contributed by atoms with E-state index in [-0.39, 0.29) is 5.91 Å². The average Bonchev–Trinajstić information content (AvgIpc) is 2.40. The SMILES string of the molecule is CC(C)CCS(=O)CCCC(=O)Nc1ccc(Cl)c(N)c1. The maximum Gasteiger partial charge on any atom is 0.224 e. The van der Waals surface area contributed by atoms with Gasteiger partial charge in [-0.15, -0.1) is 0 Å². The van der Waals surface area contributed by atoms with E-state index in [1.54, 1.807) is 18.2 Å². The summed E-state index contributed by atoms with van der Waals surface area (Å²) in [6.45, 7) is 4.23. The van der Waals surface area contributed by atoms with Crippen LogP contribution in [0, 0.1) is 5.92 Å². The zero-order chi connectivity index (χ0) is 15.8. The van der Waals surface area contributed by atoms with Gasteiger partial charge >= 0.3 is 0 Å². The van der Waals surface area contributed by atoms with E-state index in [9.17, 15) is 9.00 Å². The first kappa shape index (κ1) is 18.0. The zero-order valence-electron chi connectivity index (χ0n) is 12.5. The fourth-order valence-electron chi connectivity index (χ4n) is 1.71. The standard InChI is InChI=1S/C15H23ClN2O2S/c1-11(2)7-9-21(20)8-3-4-15(19)18-12-5-6-13(16)14(17)10-12/h5-6,10-11H,3-4,7-9,17H2,1-2H3,(H,18,19). The van der Waals surface area contributed by atoms with Crippen molar-refractivity contribution in [1.82, 2.24) is 0 Å². The molecule has 1 aromatic carbocycles. The molecular weight excluding hydrogens is 308 g/mol. The van der Waals surface area contributed by atoms with E-state index in [0.717, 1.165) is 6.42 Å². The van der Waals surface area contributed by atoms with Crippen molar-refractivity contribution in [2.45, 2.75) is 33.1 Å². The normalized spacial score (nSPS) is 12.4. The Labute approximate surface area is 133 Å². The third-order valence-corrected chi connectivity index (χ3v) is 4.76. The lowest BCUT2D eigenvalue weighted by Gasteiger charge is -2.07. The molecule has 0 radical (unpaired) electrons. The highest BCUT2D eigenvalue weighted by molar-refractivity contribution is 7.84. The molecule has 0 aliphatic heterocycles. The Bertz CT molecular complexity index is 506. The van der Waals surface area contributed by atoms with Crippen LogP contribution in [0.2, 0.25) is 5.02 Å². The molecule has 4 nitrogen and oxygen atoms in total. The number of anilines is 2. The molecule has 0 heterocycles. The summed E-state index contributed by atoms with van der Waals surface area (Å²) >= 11 is 5.82. The van der Waals surface area contributed by atoms with Crippen molar-refractivity contribution in [3.8, 4) is 0 Å². The van der Waals surface area contributed by atoms with E-state index in [1.165, 1.54) is 0 Å². The van der Waals surface area contributed by atoms with Crippen LogP contribution in [0.4, 0.5) is 11.4 Å². The number of nitrogens with one attached hydrogen (secondary N) is 1. The van der Waals surface area contributed by atoms with Crippen LogP contribution in [-0.4, -0.2) is 21.6 Å². The molecule has 0 spiro atoms.